The third-order valence-corrected chi connectivity index (χ3v) is 3.73. The van der Waals surface area contributed by atoms with E-state index in [1.807, 2.05) is 19.9 Å². The second-order valence-corrected chi connectivity index (χ2v) is 5.96. The van der Waals surface area contributed by atoms with Gasteiger partial charge in [0.1, 0.15) is 0 Å². The number of carbonyl (C=O) groups excluding carboxylic acids is 3. The van der Waals surface area contributed by atoms with Crippen LogP contribution >= 0.6 is 0 Å². The summed E-state index contributed by atoms with van der Waals surface area (Å²) in [6.45, 7) is 3.53. The molecule has 7 nitrogen and oxygen atoms in total. The quantitative estimate of drug-likeness (QED) is 0.637. The fourth-order valence-corrected chi connectivity index (χ4v) is 2.24. The number of hydrogen-bond donors (Lipinski definition) is 4. The molecule has 124 valence electrons. The largest absolute Gasteiger partial charge is 0.346 e. The maximum Gasteiger partial charge on any atom is 0.243 e. The molecule has 1 aromatic rings. The molecule has 0 bridgehead atoms. The van der Waals surface area contributed by atoms with Gasteiger partial charge in [-0.25, -0.2) is 0 Å². The molecule has 1 aliphatic heterocycles. The number of hydrogen-bond acceptors (Lipinski definition) is 4. The second kappa shape index (κ2) is 7.23. The molecule has 2 rings (SSSR count). The van der Waals surface area contributed by atoms with E-state index in [2.05, 4.69) is 16.0 Å². The van der Waals surface area contributed by atoms with Crippen molar-refractivity contribution in [3.63, 3.8) is 0 Å². The zero-order valence-electron chi connectivity index (χ0n) is 13.3. The Bertz CT molecular complexity index is 628. The SMILES string of the molecule is CC(C)[C@H](N)C(=O)NCC(=O)Nc1ccc2c(c1)NC(=O)CC2. The highest BCUT2D eigenvalue weighted by Crippen LogP contribution is 2.25. The van der Waals surface area contributed by atoms with Gasteiger partial charge >= 0.3 is 0 Å². The van der Waals surface area contributed by atoms with Gasteiger partial charge in [0.2, 0.25) is 17.7 Å². The Morgan fingerprint density at radius 2 is 2.04 bits per heavy atom. The fourth-order valence-electron chi connectivity index (χ4n) is 2.24. The lowest BCUT2D eigenvalue weighted by molar-refractivity contribution is -0.125. The predicted octanol–water partition coefficient (Wildman–Crippen LogP) is 0.609. The molecular formula is C16H22N4O3. The third-order valence-electron chi connectivity index (χ3n) is 3.73. The van der Waals surface area contributed by atoms with Gasteiger partial charge in [-0.2, -0.15) is 0 Å². The van der Waals surface area contributed by atoms with Crippen LogP contribution in [0.15, 0.2) is 18.2 Å². The molecule has 1 aliphatic rings. The van der Waals surface area contributed by atoms with Crippen LogP contribution in [0.3, 0.4) is 0 Å². The van der Waals surface area contributed by atoms with E-state index in [1.165, 1.54) is 0 Å². The molecule has 0 aromatic heterocycles. The number of carbonyl (C=O) groups is 3. The lowest BCUT2D eigenvalue weighted by Gasteiger charge is -2.18. The maximum absolute atomic E-state index is 11.9. The smallest absolute Gasteiger partial charge is 0.243 e. The van der Waals surface area contributed by atoms with Gasteiger partial charge in [-0.05, 0) is 30.0 Å². The highest BCUT2D eigenvalue weighted by molar-refractivity contribution is 5.98. The van der Waals surface area contributed by atoms with Gasteiger partial charge in [0.05, 0.1) is 12.6 Å². The molecule has 5 N–H and O–H groups in total. The fraction of sp³-hybridized carbons (Fsp3) is 0.438. The van der Waals surface area contributed by atoms with Crippen LogP contribution in [-0.2, 0) is 20.8 Å². The van der Waals surface area contributed by atoms with Crippen LogP contribution in [0.1, 0.15) is 25.8 Å². The molecule has 0 unspecified atom stereocenters. The molecule has 0 aliphatic carbocycles. The minimum absolute atomic E-state index is 0.00215. The van der Waals surface area contributed by atoms with E-state index in [1.54, 1.807) is 12.1 Å². The van der Waals surface area contributed by atoms with Crippen molar-refractivity contribution in [2.45, 2.75) is 32.7 Å². The molecule has 0 spiro atoms. The minimum atomic E-state index is -0.637. The highest BCUT2D eigenvalue weighted by Gasteiger charge is 2.18. The Morgan fingerprint density at radius 1 is 1.30 bits per heavy atom. The molecule has 1 atom stereocenters. The van der Waals surface area contributed by atoms with Crippen LogP contribution in [0.4, 0.5) is 11.4 Å². The summed E-state index contributed by atoms with van der Waals surface area (Å²) < 4.78 is 0. The zero-order chi connectivity index (χ0) is 17.0. The van der Waals surface area contributed by atoms with E-state index in [4.69, 9.17) is 5.73 Å². The zero-order valence-corrected chi connectivity index (χ0v) is 13.3. The summed E-state index contributed by atoms with van der Waals surface area (Å²) in [6.07, 6.45) is 1.17. The van der Waals surface area contributed by atoms with E-state index >= 15 is 0 Å². The van der Waals surface area contributed by atoms with Gasteiger partial charge in [-0.15, -0.1) is 0 Å². The van der Waals surface area contributed by atoms with Crippen LogP contribution in [0, 0.1) is 5.92 Å². The van der Waals surface area contributed by atoms with Crippen molar-refractivity contribution < 1.29 is 14.4 Å². The highest BCUT2D eigenvalue weighted by atomic mass is 16.2. The van der Waals surface area contributed by atoms with E-state index < -0.39 is 6.04 Å². The first-order chi connectivity index (χ1) is 10.9. The Morgan fingerprint density at radius 3 is 2.74 bits per heavy atom. The summed E-state index contributed by atoms with van der Waals surface area (Å²) in [5.74, 6) is -0.734. The summed E-state index contributed by atoms with van der Waals surface area (Å²) in [4.78, 5) is 35.0. The lowest BCUT2D eigenvalue weighted by Crippen LogP contribution is -2.46. The molecular weight excluding hydrogens is 296 g/mol. The van der Waals surface area contributed by atoms with Gasteiger partial charge in [0.25, 0.3) is 0 Å². The topological polar surface area (TPSA) is 113 Å². The summed E-state index contributed by atoms with van der Waals surface area (Å²) in [5, 5.41) is 7.97. The van der Waals surface area contributed by atoms with Gasteiger partial charge in [0, 0.05) is 17.8 Å². The van der Waals surface area contributed by atoms with E-state index in [0.717, 1.165) is 5.56 Å². The molecule has 0 radical (unpaired) electrons. The van der Waals surface area contributed by atoms with Crippen molar-refractivity contribution in [1.29, 1.82) is 0 Å². The Hall–Kier alpha value is -2.41. The standard InChI is InChI=1S/C16H22N4O3/c1-9(2)15(17)16(23)18-8-14(22)19-11-5-3-10-4-6-13(21)20-12(10)7-11/h3,5,7,9,15H,4,6,8,17H2,1-2H3,(H,18,23)(H,19,22)(H,20,21)/t15-/m0/s1. The van der Waals surface area contributed by atoms with Crippen molar-refractivity contribution in [2.75, 3.05) is 17.2 Å². The number of nitrogens with two attached hydrogens (primary N) is 1. The molecule has 1 heterocycles. The lowest BCUT2D eigenvalue weighted by atomic mass is 10.0. The predicted molar refractivity (Wildman–Crippen MR) is 87.8 cm³/mol. The first-order valence-electron chi connectivity index (χ1n) is 7.62. The minimum Gasteiger partial charge on any atom is -0.346 e. The summed E-state index contributed by atoms with van der Waals surface area (Å²) in [5.41, 5.74) is 8.03. The maximum atomic E-state index is 11.9. The van der Waals surface area contributed by atoms with Gasteiger partial charge < -0.3 is 21.7 Å². The van der Waals surface area contributed by atoms with Crippen molar-refractivity contribution in [1.82, 2.24) is 5.32 Å². The van der Waals surface area contributed by atoms with Crippen molar-refractivity contribution >= 4 is 29.1 Å². The number of aryl methyl sites for hydroxylation is 1. The number of amides is 3. The van der Waals surface area contributed by atoms with Crippen LogP contribution in [0.2, 0.25) is 0 Å². The Balaban J connectivity index is 1.90. The van der Waals surface area contributed by atoms with Crippen molar-refractivity contribution in [3.05, 3.63) is 23.8 Å². The van der Waals surface area contributed by atoms with Crippen LogP contribution in [-0.4, -0.2) is 30.3 Å². The summed E-state index contributed by atoms with van der Waals surface area (Å²) >= 11 is 0. The van der Waals surface area contributed by atoms with Gasteiger partial charge in [-0.3, -0.25) is 14.4 Å². The Labute approximate surface area is 135 Å². The molecule has 0 saturated heterocycles. The molecule has 0 fully saturated rings. The molecule has 0 saturated carbocycles. The first kappa shape index (κ1) is 17.0. The first-order valence-corrected chi connectivity index (χ1v) is 7.62. The van der Waals surface area contributed by atoms with Crippen molar-refractivity contribution in [3.8, 4) is 0 Å². The third kappa shape index (κ3) is 4.53. The number of fused-ring (bicyclic) bond motifs is 1. The van der Waals surface area contributed by atoms with Gasteiger partial charge in [-0.1, -0.05) is 19.9 Å². The molecule has 3 amide bonds. The average molecular weight is 318 g/mol. The summed E-state index contributed by atoms with van der Waals surface area (Å²) in [6, 6.07) is 4.72. The molecule has 1 aromatic carbocycles. The second-order valence-electron chi connectivity index (χ2n) is 5.96. The van der Waals surface area contributed by atoms with Crippen LogP contribution in [0.5, 0.6) is 0 Å². The van der Waals surface area contributed by atoms with E-state index in [0.29, 0.717) is 24.2 Å². The molecule has 7 heteroatoms. The number of rotatable bonds is 5. The van der Waals surface area contributed by atoms with E-state index in [-0.39, 0.29) is 30.2 Å². The number of anilines is 2. The normalized spacial score (nSPS) is 14.7. The number of nitrogens with one attached hydrogen (secondary N) is 3. The molecule has 23 heavy (non-hydrogen) atoms. The van der Waals surface area contributed by atoms with Crippen molar-refractivity contribution in [2.24, 2.45) is 11.7 Å². The monoisotopic (exact) mass is 318 g/mol. The van der Waals surface area contributed by atoms with Gasteiger partial charge in [0.15, 0.2) is 0 Å². The number of benzene rings is 1. The Kier molecular flexibility index (Phi) is 5.33. The summed E-state index contributed by atoms with van der Waals surface area (Å²) in [7, 11) is 0. The van der Waals surface area contributed by atoms with Crippen LogP contribution in [0.25, 0.3) is 0 Å². The van der Waals surface area contributed by atoms with E-state index in [9.17, 15) is 14.4 Å². The van der Waals surface area contributed by atoms with Crippen LogP contribution < -0.4 is 21.7 Å². The average Bonchev–Trinajstić information content (AvgIpc) is 2.51.